The Morgan fingerprint density at radius 3 is 2.45 bits per heavy atom. The number of aryl methyl sites for hydroxylation is 1. The summed E-state index contributed by atoms with van der Waals surface area (Å²) in [5.41, 5.74) is 1.57. The SMILES string of the molecule is CC(=O)Nc1cc(-c2ccc(=O)n([C@@H](C)C(=O)Nc3cc(F)ccc3F)n2)ccc1C. The summed E-state index contributed by atoms with van der Waals surface area (Å²) in [6, 6.07) is 9.60. The molecule has 2 N–H and O–H groups in total. The maximum atomic E-state index is 13.8. The minimum atomic E-state index is -1.10. The van der Waals surface area contributed by atoms with Crippen molar-refractivity contribution in [2.75, 3.05) is 10.6 Å². The Bertz CT molecular complexity index is 1220. The van der Waals surface area contributed by atoms with Gasteiger partial charge in [-0.3, -0.25) is 14.4 Å². The second-order valence-electron chi connectivity index (χ2n) is 7.00. The van der Waals surface area contributed by atoms with Crippen LogP contribution in [0.25, 0.3) is 11.3 Å². The van der Waals surface area contributed by atoms with Crippen LogP contribution in [-0.2, 0) is 9.59 Å². The van der Waals surface area contributed by atoms with Gasteiger partial charge in [0.1, 0.15) is 17.7 Å². The molecule has 1 aromatic heterocycles. The first-order chi connectivity index (χ1) is 14.7. The summed E-state index contributed by atoms with van der Waals surface area (Å²) in [7, 11) is 0. The van der Waals surface area contributed by atoms with Crippen LogP contribution >= 0.6 is 0 Å². The van der Waals surface area contributed by atoms with Crippen molar-refractivity contribution >= 4 is 23.2 Å². The summed E-state index contributed by atoms with van der Waals surface area (Å²) >= 11 is 0. The molecule has 0 bridgehead atoms. The molecule has 160 valence electrons. The van der Waals surface area contributed by atoms with E-state index in [4.69, 9.17) is 0 Å². The average Bonchev–Trinajstić information content (AvgIpc) is 2.72. The Labute approximate surface area is 176 Å². The summed E-state index contributed by atoms with van der Waals surface area (Å²) in [6.45, 7) is 4.65. The number of anilines is 2. The Kier molecular flexibility index (Phi) is 6.24. The topological polar surface area (TPSA) is 93.1 Å². The molecule has 0 saturated heterocycles. The quantitative estimate of drug-likeness (QED) is 0.651. The van der Waals surface area contributed by atoms with E-state index in [2.05, 4.69) is 15.7 Å². The van der Waals surface area contributed by atoms with Gasteiger partial charge in [-0.2, -0.15) is 5.10 Å². The standard InChI is InChI=1S/C22H20F2N4O3/c1-12-4-5-15(10-19(12)25-14(3)29)18-8-9-21(30)28(27-18)13(2)22(31)26-20-11-16(23)6-7-17(20)24/h4-11,13H,1-3H3,(H,25,29)(H,26,31)/t13-/m0/s1. The first-order valence-electron chi connectivity index (χ1n) is 9.40. The first-order valence-corrected chi connectivity index (χ1v) is 9.40. The van der Waals surface area contributed by atoms with Crippen LogP contribution in [0.5, 0.6) is 0 Å². The van der Waals surface area contributed by atoms with Gasteiger partial charge in [-0.15, -0.1) is 0 Å². The van der Waals surface area contributed by atoms with E-state index >= 15 is 0 Å². The maximum Gasteiger partial charge on any atom is 0.267 e. The number of nitrogens with one attached hydrogen (secondary N) is 2. The zero-order valence-corrected chi connectivity index (χ0v) is 17.1. The predicted octanol–water partition coefficient (Wildman–Crippen LogP) is 3.66. The highest BCUT2D eigenvalue weighted by Gasteiger charge is 2.20. The number of carbonyl (C=O) groups excluding carboxylic acids is 2. The second-order valence-corrected chi connectivity index (χ2v) is 7.00. The van der Waals surface area contributed by atoms with E-state index in [0.717, 1.165) is 28.4 Å². The van der Waals surface area contributed by atoms with Crippen LogP contribution in [0.1, 0.15) is 25.5 Å². The van der Waals surface area contributed by atoms with Gasteiger partial charge in [0.2, 0.25) is 11.8 Å². The number of aromatic nitrogens is 2. The molecular formula is C22H20F2N4O3. The number of hydrogen-bond acceptors (Lipinski definition) is 4. The van der Waals surface area contributed by atoms with Crippen LogP contribution in [0.15, 0.2) is 53.3 Å². The second kappa shape index (κ2) is 8.86. The molecule has 2 aromatic carbocycles. The molecule has 3 aromatic rings. The average molecular weight is 426 g/mol. The van der Waals surface area contributed by atoms with E-state index in [0.29, 0.717) is 16.9 Å². The molecule has 0 spiro atoms. The van der Waals surface area contributed by atoms with Crippen LogP contribution in [0.2, 0.25) is 0 Å². The molecule has 2 amide bonds. The fourth-order valence-electron chi connectivity index (χ4n) is 2.90. The van der Waals surface area contributed by atoms with Crippen molar-refractivity contribution in [3.63, 3.8) is 0 Å². The van der Waals surface area contributed by atoms with E-state index in [-0.39, 0.29) is 11.6 Å². The number of hydrogen-bond donors (Lipinski definition) is 2. The zero-order valence-electron chi connectivity index (χ0n) is 17.1. The molecule has 31 heavy (non-hydrogen) atoms. The zero-order chi connectivity index (χ0) is 22.7. The molecule has 9 heteroatoms. The van der Waals surface area contributed by atoms with Crippen LogP contribution in [0.3, 0.4) is 0 Å². The van der Waals surface area contributed by atoms with Crippen LogP contribution in [0, 0.1) is 18.6 Å². The normalized spacial score (nSPS) is 11.6. The minimum absolute atomic E-state index is 0.229. The molecule has 1 heterocycles. The number of benzene rings is 2. The third-order valence-electron chi connectivity index (χ3n) is 4.60. The highest BCUT2D eigenvalue weighted by Crippen LogP contribution is 2.24. The Morgan fingerprint density at radius 1 is 1.00 bits per heavy atom. The number of carbonyl (C=O) groups is 2. The summed E-state index contributed by atoms with van der Waals surface area (Å²) < 4.78 is 28.1. The highest BCUT2D eigenvalue weighted by atomic mass is 19.1. The lowest BCUT2D eigenvalue weighted by atomic mass is 10.1. The lowest BCUT2D eigenvalue weighted by Crippen LogP contribution is -2.33. The summed E-state index contributed by atoms with van der Waals surface area (Å²) in [5.74, 6) is -2.48. The lowest BCUT2D eigenvalue weighted by Gasteiger charge is -2.16. The number of halogens is 2. The molecule has 0 aliphatic heterocycles. The van der Waals surface area contributed by atoms with Gasteiger partial charge in [0.25, 0.3) is 5.56 Å². The molecule has 0 saturated carbocycles. The molecule has 0 fully saturated rings. The first kappa shape index (κ1) is 21.8. The van der Waals surface area contributed by atoms with Gasteiger partial charge in [-0.25, -0.2) is 13.5 Å². The molecule has 0 unspecified atom stereocenters. The third-order valence-corrected chi connectivity index (χ3v) is 4.60. The number of nitrogens with zero attached hydrogens (tertiary/aromatic N) is 2. The van der Waals surface area contributed by atoms with Crippen molar-refractivity contribution in [3.8, 4) is 11.3 Å². The Morgan fingerprint density at radius 2 is 1.74 bits per heavy atom. The Hall–Kier alpha value is -3.88. The van der Waals surface area contributed by atoms with Gasteiger partial charge in [-0.05, 0) is 43.7 Å². The van der Waals surface area contributed by atoms with Crippen molar-refractivity contribution in [3.05, 3.63) is 76.1 Å². The van der Waals surface area contributed by atoms with Gasteiger partial charge in [0.15, 0.2) is 0 Å². The monoisotopic (exact) mass is 426 g/mol. The largest absolute Gasteiger partial charge is 0.326 e. The van der Waals surface area contributed by atoms with E-state index in [1.165, 1.54) is 26.0 Å². The molecule has 3 rings (SSSR count). The maximum absolute atomic E-state index is 13.8. The fraction of sp³-hybridized carbons (Fsp3) is 0.182. The molecule has 0 radical (unpaired) electrons. The van der Waals surface area contributed by atoms with Crippen molar-refractivity contribution in [1.29, 1.82) is 0 Å². The molecule has 1 atom stereocenters. The number of rotatable bonds is 5. The predicted molar refractivity (Wildman–Crippen MR) is 113 cm³/mol. The van der Waals surface area contributed by atoms with Crippen molar-refractivity contribution in [2.45, 2.75) is 26.8 Å². The van der Waals surface area contributed by atoms with E-state index in [1.807, 2.05) is 6.92 Å². The van der Waals surface area contributed by atoms with Crippen molar-refractivity contribution in [1.82, 2.24) is 9.78 Å². The molecule has 0 aliphatic carbocycles. The minimum Gasteiger partial charge on any atom is -0.326 e. The van der Waals surface area contributed by atoms with Gasteiger partial charge >= 0.3 is 0 Å². The van der Waals surface area contributed by atoms with Crippen LogP contribution < -0.4 is 16.2 Å². The smallest absolute Gasteiger partial charge is 0.267 e. The summed E-state index contributed by atoms with van der Waals surface area (Å²) in [5, 5.41) is 9.25. The van der Waals surface area contributed by atoms with Gasteiger partial charge < -0.3 is 10.6 Å². The Balaban J connectivity index is 1.92. The molecule has 0 aliphatic rings. The van der Waals surface area contributed by atoms with Crippen molar-refractivity contribution < 1.29 is 18.4 Å². The van der Waals surface area contributed by atoms with E-state index in [9.17, 15) is 23.2 Å². The molecular weight excluding hydrogens is 406 g/mol. The van der Waals surface area contributed by atoms with Gasteiger partial charge in [0.05, 0.1) is 11.4 Å². The lowest BCUT2D eigenvalue weighted by molar-refractivity contribution is -0.119. The van der Waals surface area contributed by atoms with E-state index in [1.54, 1.807) is 18.2 Å². The summed E-state index contributed by atoms with van der Waals surface area (Å²) in [4.78, 5) is 36.3. The van der Waals surface area contributed by atoms with Crippen LogP contribution in [0.4, 0.5) is 20.2 Å². The van der Waals surface area contributed by atoms with Crippen molar-refractivity contribution in [2.24, 2.45) is 0 Å². The van der Waals surface area contributed by atoms with Gasteiger partial charge in [0, 0.05) is 30.3 Å². The highest BCUT2D eigenvalue weighted by molar-refractivity contribution is 5.93. The fourth-order valence-corrected chi connectivity index (χ4v) is 2.90. The summed E-state index contributed by atoms with van der Waals surface area (Å²) in [6.07, 6.45) is 0. The number of amides is 2. The van der Waals surface area contributed by atoms with E-state index < -0.39 is 29.1 Å². The van der Waals surface area contributed by atoms with Gasteiger partial charge in [-0.1, -0.05) is 12.1 Å². The third kappa shape index (κ3) is 5.00. The molecule has 7 nitrogen and oxygen atoms in total. The van der Waals surface area contributed by atoms with Crippen LogP contribution in [-0.4, -0.2) is 21.6 Å².